The molecule has 0 saturated heterocycles. The fraction of sp³-hybridized carbons (Fsp3) is 0.643. The lowest BCUT2D eigenvalue weighted by atomic mass is 9.87. The Labute approximate surface area is 98.7 Å². The topological polar surface area (TPSA) is 16.1 Å². The SMILES string of the molecule is CN(c1cc(C(C)(C)C)ccn1)C1CCC1. The first-order valence-corrected chi connectivity index (χ1v) is 6.18. The van der Waals surface area contributed by atoms with Crippen molar-refractivity contribution in [2.24, 2.45) is 0 Å². The van der Waals surface area contributed by atoms with Gasteiger partial charge in [-0.25, -0.2) is 4.98 Å². The number of aromatic nitrogens is 1. The van der Waals surface area contributed by atoms with Gasteiger partial charge in [0, 0.05) is 19.3 Å². The molecule has 0 unspecified atom stereocenters. The second kappa shape index (κ2) is 4.08. The van der Waals surface area contributed by atoms with E-state index in [9.17, 15) is 0 Å². The van der Waals surface area contributed by atoms with Gasteiger partial charge in [-0.15, -0.1) is 0 Å². The lowest BCUT2D eigenvalue weighted by Crippen LogP contribution is -2.37. The van der Waals surface area contributed by atoms with Crippen molar-refractivity contribution in [2.45, 2.75) is 51.5 Å². The highest BCUT2D eigenvalue weighted by atomic mass is 15.2. The average molecular weight is 218 g/mol. The van der Waals surface area contributed by atoms with Crippen LogP contribution in [-0.4, -0.2) is 18.1 Å². The average Bonchev–Trinajstić information content (AvgIpc) is 2.14. The van der Waals surface area contributed by atoms with Crippen molar-refractivity contribution < 1.29 is 0 Å². The summed E-state index contributed by atoms with van der Waals surface area (Å²) < 4.78 is 0. The van der Waals surface area contributed by atoms with Crippen molar-refractivity contribution in [2.75, 3.05) is 11.9 Å². The summed E-state index contributed by atoms with van der Waals surface area (Å²) in [5.41, 5.74) is 1.57. The molecule has 1 aromatic heterocycles. The molecule has 2 heteroatoms. The van der Waals surface area contributed by atoms with Gasteiger partial charge in [0.05, 0.1) is 0 Å². The van der Waals surface area contributed by atoms with Gasteiger partial charge >= 0.3 is 0 Å². The maximum atomic E-state index is 4.48. The Morgan fingerprint density at radius 2 is 2.00 bits per heavy atom. The maximum Gasteiger partial charge on any atom is 0.128 e. The van der Waals surface area contributed by atoms with Crippen molar-refractivity contribution in [1.29, 1.82) is 0 Å². The molecule has 1 aliphatic carbocycles. The molecule has 0 N–H and O–H groups in total. The summed E-state index contributed by atoms with van der Waals surface area (Å²) in [6, 6.07) is 5.07. The molecular formula is C14H22N2. The molecule has 1 aliphatic rings. The van der Waals surface area contributed by atoms with E-state index in [1.807, 2.05) is 6.20 Å². The van der Waals surface area contributed by atoms with Crippen molar-refractivity contribution in [3.63, 3.8) is 0 Å². The van der Waals surface area contributed by atoms with Gasteiger partial charge in [0.25, 0.3) is 0 Å². The molecular weight excluding hydrogens is 196 g/mol. The van der Waals surface area contributed by atoms with Crippen LogP contribution in [0.1, 0.15) is 45.6 Å². The molecule has 2 rings (SSSR count). The van der Waals surface area contributed by atoms with Gasteiger partial charge in [-0.1, -0.05) is 20.8 Å². The van der Waals surface area contributed by atoms with Gasteiger partial charge in [0.1, 0.15) is 5.82 Å². The quantitative estimate of drug-likeness (QED) is 0.756. The van der Waals surface area contributed by atoms with Crippen LogP contribution in [0, 0.1) is 0 Å². The molecule has 0 aliphatic heterocycles. The standard InChI is InChI=1S/C14H22N2/c1-14(2,3)11-8-9-15-13(10-11)16(4)12-6-5-7-12/h8-10,12H,5-7H2,1-4H3. The van der Waals surface area contributed by atoms with E-state index in [2.05, 4.69) is 49.8 Å². The van der Waals surface area contributed by atoms with E-state index in [1.165, 1.54) is 24.8 Å². The molecule has 88 valence electrons. The van der Waals surface area contributed by atoms with Crippen LogP contribution < -0.4 is 4.90 Å². The van der Waals surface area contributed by atoms with E-state index in [-0.39, 0.29) is 5.41 Å². The zero-order valence-corrected chi connectivity index (χ0v) is 10.8. The molecule has 0 aromatic carbocycles. The summed E-state index contributed by atoms with van der Waals surface area (Å²) in [5, 5.41) is 0. The summed E-state index contributed by atoms with van der Waals surface area (Å²) in [6.45, 7) is 6.74. The van der Waals surface area contributed by atoms with Crippen LogP contribution in [-0.2, 0) is 5.41 Å². The number of nitrogens with zero attached hydrogens (tertiary/aromatic N) is 2. The van der Waals surface area contributed by atoms with E-state index in [1.54, 1.807) is 0 Å². The van der Waals surface area contributed by atoms with Crippen LogP contribution in [0.5, 0.6) is 0 Å². The Balaban J connectivity index is 2.21. The van der Waals surface area contributed by atoms with Gasteiger partial charge in [0.2, 0.25) is 0 Å². The van der Waals surface area contributed by atoms with E-state index in [0.29, 0.717) is 6.04 Å². The Morgan fingerprint density at radius 1 is 1.31 bits per heavy atom. The van der Waals surface area contributed by atoms with Crippen molar-refractivity contribution in [3.8, 4) is 0 Å². The number of rotatable bonds is 2. The lowest BCUT2D eigenvalue weighted by Gasteiger charge is -2.36. The summed E-state index contributed by atoms with van der Waals surface area (Å²) >= 11 is 0. The largest absolute Gasteiger partial charge is 0.357 e. The molecule has 0 atom stereocenters. The minimum Gasteiger partial charge on any atom is -0.357 e. The normalized spacial score (nSPS) is 17.0. The number of hydrogen-bond acceptors (Lipinski definition) is 2. The third-order valence-electron chi connectivity index (χ3n) is 3.60. The van der Waals surface area contributed by atoms with Gasteiger partial charge in [-0.05, 0) is 42.4 Å². The van der Waals surface area contributed by atoms with Crippen molar-refractivity contribution >= 4 is 5.82 Å². The highest BCUT2D eigenvalue weighted by Gasteiger charge is 2.23. The Bertz CT molecular complexity index is 361. The van der Waals surface area contributed by atoms with Crippen LogP contribution in [0.3, 0.4) is 0 Å². The molecule has 0 spiro atoms. The van der Waals surface area contributed by atoms with Crippen LogP contribution in [0.25, 0.3) is 0 Å². The summed E-state index contributed by atoms with van der Waals surface area (Å²) in [4.78, 5) is 6.81. The third kappa shape index (κ3) is 2.21. The number of hydrogen-bond donors (Lipinski definition) is 0. The lowest BCUT2D eigenvalue weighted by molar-refractivity contribution is 0.399. The first-order chi connectivity index (χ1) is 7.48. The molecule has 0 bridgehead atoms. The van der Waals surface area contributed by atoms with Crippen molar-refractivity contribution in [3.05, 3.63) is 23.9 Å². The Kier molecular flexibility index (Phi) is 2.92. The zero-order chi connectivity index (χ0) is 11.8. The number of anilines is 1. The van der Waals surface area contributed by atoms with Crippen LogP contribution >= 0.6 is 0 Å². The molecule has 0 radical (unpaired) electrons. The number of pyridine rings is 1. The fourth-order valence-corrected chi connectivity index (χ4v) is 2.04. The van der Waals surface area contributed by atoms with Gasteiger partial charge < -0.3 is 4.90 Å². The van der Waals surface area contributed by atoms with Gasteiger partial charge in [0.15, 0.2) is 0 Å². The molecule has 1 heterocycles. The monoisotopic (exact) mass is 218 g/mol. The smallest absolute Gasteiger partial charge is 0.128 e. The first-order valence-electron chi connectivity index (χ1n) is 6.18. The van der Waals surface area contributed by atoms with E-state index >= 15 is 0 Å². The Hall–Kier alpha value is -1.05. The highest BCUT2D eigenvalue weighted by Crippen LogP contribution is 2.29. The summed E-state index contributed by atoms with van der Waals surface area (Å²) in [7, 11) is 2.17. The molecule has 2 nitrogen and oxygen atoms in total. The molecule has 1 saturated carbocycles. The second-order valence-electron chi connectivity index (χ2n) is 5.85. The van der Waals surface area contributed by atoms with Crippen molar-refractivity contribution in [1.82, 2.24) is 4.98 Å². The molecule has 1 aromatic rings. The summed E-state index contributed by atoms with van der Waals surface area (Å²) in [5.74, 6) is 1.12. The molecule has 0 amide bonds. The van der Waals surface area contributed by atoms with Gasteiger partial charge in [-0.3, -0.25) is 0 Å². The Morgan fingerprint density at radius 3 is 2.50 bits per heavy atom. The fourth-order valence-electron chi connectivity index (χ4n) is 2.04. The van der Waals surface area contributed by atoms with Gasteiger partial charge in [-0.2, -0.15) is 0 Å². The van der Waals surface area contributed by atoms with E-state index in [4.69, 9.17) is 0 Å². The summed E-state index contributed by atoms with van der Waals surface area (Å²) in [6.07, 6.45) is 5.94. The molecule has 16 heavy (non-hydrogen) atoms. The zero-order valence-electron chi connectivity index (χ0n) is 10.8. The van der Waals surface area contributed by atoms with Crippen LogP contribution in [0.4, 0.5) is 5.82 Å². The highest BCUT2D eigenvalue weighted by molar-refractivity contribution is 5.43. The maximum absolute atomic E-state index is 4.48. The first kappa shape index (κ1) is 11.4. The third-order valence-corrected chi connectivity index (χ3v) is 3.60. The van der Waals surface area contributed by atoms with Crippen LogP contribution in [0.2, 0.25) is 0 Å². The predicted molar refractivity (Wildman–Crippen MR) is 69.0 cm³/mol. The van der Waals surface area contributed by atoms with Crippen LogP contribution in [0.15, 0.2) is 18.3 Å². The minimum absolute atomic E-state index is 0.206. The van der Waals surface area contributed by atoms with E-state index in [0.717, 1.165) is 5.82 Å². The predicted octanol–water partition coefficient (Wildman–Crippen LogP) is 3.37. The minimum atomic E-state index is 0.206. The molecule has 1 fully saturated rings. The van der Waals surface area contributed by atoms with E-state index < -0.39 is 0 Å². The second-order valence-corrected chi connectivity index (χ2v) is 5.85.